The van der Waals surface area contributed by atoms with Crippen LogP contribution in [0.5, 0.6) is 0 Å². The number of carbonyl (C=O) groups is 1. The smallest absolute Gasteiger partial charge is 0.407 e. The molecule has 1 aliphatic rings. The van der Waals surface area contributed by atoms with Gasteiger partial charge in [0.2, 0.25) is 0 Å². The van der Waals surface area contributed by atoms with Crippen molar-refractivity contribution < 1.29 is 9.53 Å². The van der Waals surface area contributed by atoms with Crippen molar-refractivity contribution in [3.8, 4) is 0 Å². The van der Waals surface area contributed by atoms with E-state index in [1.54, 1.807) is 0 Å². The predicted molar refractivity (Wildman–Crippen MR) is 38.2 cm³/mol. The molecule has 0 radical (unpaired) electrons. The van der Waals surface area contributed by atoms with Gasteiger partial charge in [-0.15, -0.1) is 0 Å². The van der Waals surface area contributed by atoms with Crippen LogP contribution in [0.3, 0.4) is 0 Å². The van der Waals surface area contributed by atoms with Crippen LogP contribution in [-0.4, -0.2) is 30.4 Å². The van der Waals surface area contributed by atoms with Gasteiger partial charge in [0, 0.05) is 0 Å². The van der Waals surface area contributed by atoms with Crippen molar-refractivity contribution in [2.75, 3.05) is 13.1 Å². The van der Waals surface area contributed by atoms with Crippen molar-refractivity contribution in [2.24, 2.45) is 4.99 Å². The number of rotatable bonds is 2. The van der Waals surface area contributed by atoms with Crippen molar-refractivity contribution in [3.63, 3.8) is 0 Å². The van der Waals surface area contributed by atoms with Gasteiger partial charge in [-0.2, -0.15) is 0 Å². The fraction of sp³-hybridized carbons (Fsp3) is 0.600. The minimum Gasteiger partial charge on any atom is -0.442 e. The third kappa shape index (κ3) is 1.79. The first kappa shape index (κ1) is 7.18. The summed E-state index contributed by atoms with van der Waals surface area (Å²) in [7, 11) is 0. The quantitative estimate of drug-likeness (QED) is 0.461. The van der Waals surface area contributed by atoms with E-state index in [2.05, 4.69) is 27.7 Å². The molecule has 1 amide bonds. The average molecular weight is 158 g/mol. The highest BCUT2D eigenvalue weighted by Gasteiger charge is 2.21. The van der Waals surface area contributed by atoms with Crippen LogP contribution in [0.2, 0.25) is 0 Å². The number of amides is 1. The molecular weight excluding hydrogens is 152 g/mol. The number of nitrogens with zero attached hydrogens (tertiary/aromatic N) is 1. The van der Waals surface area contributed by atoms with Crippen LogP contribution in [0.25, 0.3) is 0 Å². The van der Waals surface area contributed by atoms with E-state index in [0.29, 0.717) is 13.1 Å². The molecule has 5 heteroatoms. The lowest BCUT2D eigenvalue weighted by Crippen LogP contribution is -2.17. The van der Waals surface area contributed by atoms with Gasteiger partial charge >= 0.3 is 6.09 Å². The van der Waals surface area contributed by atoms with Gasteiger partial charge in [0.1, 0.15) is 6.10 Å². The van der Waals surface area contributed by atoms with Crippen molar-refractivity contribution in [3.05, 3.63) is 0 Å². The second kappa shape index (κ2) is 3.29. The molecular formula is C5H6N2O2S. The van der Waals surface area contributed by atoms with Crippen LogP contribution in [0, 0.1) is 0 Å². The second-order valence-electron chi connectivity index (χ2n) is 1.84. The maximum atomic E-state index is 10.4. The lowest BCUT2D eigenvalue weighted by molar-refractivity contribution is 0.144. The minimum atomic E-state index is -0.385. The Morgan fingerprint density at radius 2 is 2.80 bits per heavy atom. The Bertz CT molecular complexity index is 188. The number of nitrogens with one attached hydrogen (secondary N) is 1. The fourth-order valence-electron chi connectivity index (χ4n) is 0.673. The van der Waals surface area contributed by atoms with E-state index in [9.17, 15) is 4.79 Å². The van der Waals surface area contributed by atoms with Crippen molar-refractivity contribution in [1.82, 2.24) is 5.32 Å². The lowest BCUT2D eigenvalue weighted by atomic mass is 10.4. The van der Waals surface area contributed by atoms with Gasteiger partial charge in [0.25, 0.3) is 0 Å². The summed E-state index contributed by atoms with van der Waals surface area (Å²) < 4.78 is 4.73. The lowest BCUT2D eigenvalue weighted by Gasteiger charge is -1.99. The Balaban J connectivity index is 2.31. The second-order valence-corrected chi connectivity index (χ2v) is 2.02. The standard InChI is InChI=1S/C5H6N2O2S/c8-5-7-2-4(9-5)1-6-3-10/h4H,1-2H2,(H,7,8). The van der Waals surface area contributed by atoms with Gasteiger partial charge in [-0.3, -0.25) is 0 Å². The summed E-state index contributed by atoms with van der Waals surface area (Å²) in [6.07, 6.45) is -0.549. The van der Waals surface area contributed by atoms with Crippen molar-refractivity contribution in [2.45, 2.75) is 6.10 Å². The van der Waals surface area contributed by atoms with Gasteiger partial charge < -0.3 is 10.1 Å². The molecule has 1 rings (SSSR count). The van der Waals surface area contributed by atoms with Crippen LogP contribution < -0.4 is 5.32 Å². The number of ether oxygens (including phenoxy) is 1. The number of hydrogen-bond donors (Lipinski definition) is 1. The molecule has 1 saturated heterocycles. The highest BCUT2D eigenvalue weighted by atomic mass is 32.1. The summed E-state index contributed by atoms with van der Waals surface area (Å²) in [5.74, 6) is 0. The summed E-state index contributed by atoms with van der Waals surface area (Å²) in [6, 6.07) is 0. The van der Waals surface area contributed by atoms with Gasteiger partial charge in [0.05, 0.1) is 18.3 Å². The average Bonchev–Trinajstić information content (AvgIpc) is 2.31. The number of thiocarbonyl (C=S) groups is 1. The maximum Gasteiger partial charge on any atom is 0.407 e. The summed E-state index contributed by atoms with van der Waals surface area (Å²) in [5.41, 5.74) is 0. The monoisotopic (exact) mass is 158 g/mol. The largest absolute Gasteiger partial charge is 0.442 e. The number of carbonyl (C=O) groups excluding carboxylic acids is 1. The number of cyclic esters (lactones) is 1. The molecule has 0 spiro atoms. The molecule has 1 aliphatic heterocycles. The van der Waals surface area contributed by atoms with Gasteiger partial charge in [-0.25, -0.2) is 9.79 Å². The van der Waals surface area contributed by atoms with Gasteiger partial charge in [-0.1, -0.05) is 0 Å². The summed E-state index contributed by atoms with van der Waals surface area (Å²) in [6.45, 7) is 0.918. The number of hydrogen-bond acceptors (Lipinski definition) is 4. The first-order valence-corrected chi connectivity index (χ1v) is 3.22. The molecule has 4 nitrogen and oxygen atoms in total. The fourth-order valence-corrected chi connectivity index (χ4v) is 0.747. The van der Waals surface area contributed by atoms with Crippen LogP contribution in [0.15, 0.2) is 4.99 Å². The van der Waals surface area contributed by atoms with E-state index in [1.807, 2.05) is 0 Å². The molecule has 1 heterocycles. The molecule has 1 unspecified atom stereocenters. The number of isothiocyanates is 1. The van der Waals surface area contributed by atoms with Crippen molar-refractivity contribution in [1.29, 1.82) is 0 Å². The zero-order valence-electron chi connectivity index (χ0n) is 5.16. The Morgan fingerprint density at radius 1 is 2.00 bits per heavy atom. The van der Waals surface area contributed by atoms with Crippen molar-refractivity contribution >= 4 is 23.5 Å². The van der Waals surface area contributed by atoms with Crippen LogP contribution in [-0.2, 0) is 4.74 Å². The Morgan fingerprint density at radius 3 is 3.30 bits per heavy atom. The normalized spacial score (nSPS) is 22.8. The Kier molecular flexibility index (Phi) is 2.36. The first-order chi connectivity index (χ1) is 4.83. The highest BCUT2D eigenvalue weighted by Crippen LogP contribution is 1.98. The Labute approximate surface area is 63.3 Å². The third-order valence-corrected chi connectivity index (χ3v) is 1.24. The molecule has 1 N–H and O–H groups in total. The minimum absolute atomic E-state index is 0.164. The van der Waals surface area contributed by atoms with Crippen LogP contribution in [0.1, 0.15) is 0 Å². The highest BCUT2D eigenvalue weighted by molar-refractivity contribution is 7.78. The molecule has 0 aromatic rings. The van der Waals surface area contributed by atoms with E-state index in [1.165, 1.54) is 0 Å². The summed E-state index contributed by atoms with van der Waals surface area (Å²) >= 11 is 4.34. The van der Waals surface area contributed by atoms with Gasteiger partial charge in [0.15, 0.2) is 0 Å². The molecule has 1 atom stereocenters. The summed E-state index contributed by atoms with van der Waals surface area (Å²) in [4.78, 5) is 14.0. The Hall–Kier alpha value is -0.930. The maximum absolute atomic E-state index is 10.4. The van der Waals surface area contributed by atoms with E-state index in [-0.39, 0.29) is 12.2 Å². The van der Waals surface area contributed by atoms with E-state index < -0.39 is 0 Å². The molecule has 54 valence electrons. The predicted octanol–water partition coefficient (Wildman–Crippen LogP) is 0.198. The molecule has 0 aliphatic carbocycles. The zero-order valence-corrected chi connectivity index (χ0v) is 5.98. The number of alkyl carbamates (subject to hydrolysis) is 1. The van der Waals surface area contributed by atoms with Crippen LogP contribution >= 0.6 is 12.2 Å². The van der Waals surface area contributed by atoms with E-state index in [4.69, 9.17) is 4.74 Å². The van der Waals surface area contributed by atoms with Crippen LogP contribution in [0.4, 0.5) is 4.79 Å². The topological polar surface area (TPSA) is 50.7 Å². The number of aliphatic imine (C=N–C) groups is 1. The molecule has 1 fully saturated rings. The van der Waals surface area contributed by atoms with E-state index in [0.717, 1.165) is 0 Å². The molecule has 0 bridgehead atoms. The molecule has 0 aromatic heterocycles. The molecule has 0 saturated carbocycles. The van der Waals surface area contributed by atoms with E-state index >= 15 is 0 Å². The SMILES string of the molecule is O=C1NCC(CN=C=S)O1. The summed E-state index contributed by atoms with van der Waals surface area (Å²) in [5, 5.41) is 4.69. The van der Waals surface area contributed by atoms with Gasteiger partial charge in [-0.05, 0) is 12.2 Å². The third-order valence-electron chi connectivity index (χ3n) is 1.11. The zero-order chi connectivity index (χ0) is 7.40. The molecule has 10 heavy (non-hydrogen) atoms. The first-order valence-electron chi connectivity index (χ1n) is 2.81. The molecule has 0 aromatic carbocycles.